The number of imidazole rings is 2. The van der Waals surface area contributed by atoms with Crippen LogP contribution in [0, 0.1) is 86.8 Å². The Balaban J connectivity index is 0.000000300. The predicted octanol–water partition coefficient (Wildman–Crippen LogP) is 28.0. The van der Waals surface area contributed by atoms with E-state index in [2.05, 4.69) is 112 Å². The molecule has 8 aromatic carbocycles. The van der Waals surface area contributed by atoms with Crippen molar-refractivity contribution in [1.82, 2.24) is 40.5 Å². The van der Waals surface area contributed by atoms with Crippen molar-refractivity contribution in [2.75, 3.05) is 68.1 Å². The van der Waals surface area contributed by atoms with Crippen LogP contribution in [-0.4, -0.2) is 118 Å². The van der Waals surface area contributed by atoms with Crippen molar-refractivity contribution in [3.8, 4) is 0 Å². The number of hydroxylamine groups is 1. The number of aromatic nitrogens is 4. The lowest BCUT2D eigenvalue weighted by Gasteiger charge is -2.19. The van der Waals surface area contributed by atoms with Crippen LogP contribution in [0.4, 0.5) is 75.6 Å². The molecule has 30 heteroatoms. The second-order valence-electron chi connectivity index (χ2n) is 36.6. The average molecular weight is 1960 g/mol. The van der Waals surface area contributed by atoms with Gasteiger partial charge in [0.2, 0.25) is 0 Å². The Bertz CT molecular complexity index is 5700. The molecular formula is C109H140BrFN18O10. The number of nitrogens with two attached hydrogens (primary N) is 1. The van der Waals surface area contributed by atoms with E-state index >= 15 is 0 Å². The maximum Gasteiger partial charge on any atom is 0.407 e. The number of aryl methyl sites for hydroxylation is 8. The van der Waals surface area contributed by atoms with Gasteiger partial charge in [-0.25, -0.2) is 68.1 Å². The van der Waals surface area contributed by atoms with E-state index in [0.29, 0.717) is 89.0 Å². The van der Waals surface area contributed by atoms with Gasteiger partial charge in [-0.15, -0.1) is 0 Å². The monoisotopic (exact) mass is 1960 g/mol. The number of ether oxygens (including phenoxy) is 4. The second kappa shape index (κ2) is 59.8. The smallest absolute Gasteiger partial charge is 0.407 e. The molecule has 2 heterocycles. The number of unbranched alkanes of at least 4 members (excludes halogenated alkanes) is 12. The van der Waals surface area contributed by atoms with E-state index in [-0.39, 0.29) is 30.1 Å². The van der Waals surface area contributed by atoms with E-state index < -0.39 is 22.7 Å². The summed E-state index contributed by atoms with van der Waals surface area (Å²) in [7, 11) is 1.39. The molecule has 0 bridgehead atoms. The highest BCUT2D eigenvalue weighted by Gasteiger charge is 2.22. The lowest BCUT2D eigenvalue weighted by atomic mass is 10.1. The molecule has 0 atom stereocenters. The second-order valence-corrected chi connectivity index (χ2v) is 37.5. The first-order valence-electron chi connectivity index (χ1n) is 47.3. The number of nitrogens with zero attached hydrogens (tertiary/aromatic N) is 10. The molecule has 2 aromatic heterocycles. The molecule has 0 aliphatic rings. The molecular weight excluding hydrogens is 1820 g/mol. The lowest BCUT2D eigenvalue weighted by Crippen LogP contribution is -2.33. The van der Waals surface area contributed by atoms with Crippen molar-refractivity contribution in [3.63, 3.8) is 0 Å². The van der Waals surface area contributed by atoms with Crippen LogP contribution in [0.2, 0.25) is 0 Å². The Morgan fingerprint density at radius 3 is 1.20 bits per heavy atom. The molecule has 0 saturated carbocycles. The quantitative estimate of drug-likeness (QED) is 0.00332. The molecule has 139 heavy (non-hydrogen) atoms. The fourth-order valence-electron chi connectivity index (χ4n) is 14.2. The van der Waals surface area contributed by atoms with Gasteiger partial charge in [-0.05, 0) is 332 Å². The zero-order valence-electron chi connectivity index (χ0n) is 84.2. The summed E-state index contributed by atoms with van der Waals surface area (Å²) in [6.07, 6.45) is 18.2. The number of anilines is 4. The van der Waals surface area contributed by atoms with Gasteiger partial charge in [0.05, 0.1) is 79.9 Å². The first-order chi connectivity index (χ1) is 66.1. The van der Waals surface area contributed by atoms with Gasteiger partial charge >= 0.3 is 24.2 Å². The largest absolute Gasteiger partial charge is 0.465 e. The summed E-state index contributed by atoms with van der Waals surface area (Å²) < 4.78 is 38.2. The minimum absolute atomic E-state index is 0.287. The molecule has 0 unspecified atom stereocenters. The molecule has 0 aliphatic carbocycles. The third-order valence-electron chi connectivity index (χ3n) is 21.4. The van der Waals surface area contributed by atoms with Crippen molar-refractivity contribution in [2.24, 2.45) is 0 Å². The van der Waals surface area contributed by atoms with E-state index in [4.69, 9.17) is 79.3 Å². The number of fused-ring (bicyclic) bond motifs is 2. The summed E-state index contributed by atoms with van der Waals surface area (Å²) in [4.78, 5) is 88.5. The highest BCUT2D eigenvalue weighted by atomic mass is 79.9. The van der Waals surface area contributed by atoms with Gasteiger partial charge in [-0.1, -0.05) is 88.8 Å². The third-order valence-corrected chi connectivity index (χ3v) is 22.0. The molecule has 0 spiro atoms. The zero-order chi connectivity index (χ0) is 103. The van der Waals surface area contributed by atoms with Gasteiger partial charge in [0.25, 0.3) is 5.91 Å². The number of alkyl carbamates (subject to hydrolysis) is 3. The third kappa shape index (κ3) is 42.2. The van der Waals surface area contributed by atoms with Crippen LogP contribution in [0.3, 0.4) is 0 Å². The van der Waals surface area contributed by atoms with Gasteiger partial charge in [-0.2, -0.15) is 0 Å². The molecule has 0 saturated heterocycles. The van der Waals surface area contributed by atoms with E-state index in [1.54, 1.807) is 42.7 Å². The number of hydrogen-bond donors (Lipinski definition) is 9. The van der Waals surface area contributed by atoms with Crippen molar-refractivity contribution in [2.45, 2.75) is 270 Å². The van der Waals surface area contributed by atoms with Crippen LogP contribution < -0.4 is 43.1 Å². The number of nitrogen functional groups attached to an aromatic ring is 1. The number of hydrogen-bond acceptors (Lipinski definition) is 16. The number of rotatable bonds is 37. The Morgan fingerprint density at radius 1 is 0.424 bits per heavy atom. The number of benzene rings is 8. The first-order valence-corrected chi connectivity index (χ1v) is 48.1. The number of methoxy groups -OCH3 is 1. The molecule has 4 amide bonds. The minimum Gasteiger partial charge on any atom is -0.465 e. The predicted molar refractivity (Wildman–Crippen MR) is 560 cm³/mol. The molecule has 28 nitrogen and oxygen atoms in total. The van der Waals surface area contributed by atoms with Gasteiger partial charge < -0.3 is 65.7 Å². The van der Waals surface area contributed by atoms with Crippen LogP contribution in [0.5, 0.6) is 0 Å². The first kappa shape index (κ1) is 115. The molecule has 740 valence electrons. The van der Waals surface area contributed by atoms with Crippen LogP contribution >= 0.6 is 15.9 Å². The topological polar surface area (TPSA) is 315 Å². The fraction of sp³-hybridized carbons (Fsp3) is 0.440. The summed E-state index contributed by atoms with van der Waals surface area (Å²) in [5, 5.41) is 27.2. The summed E-state index contributed by atoms with van der Waals surface area (Å²) in [6, 6.07) is 39.9. The van der Waals surface area contributed by atoms with Crippen molar-refractivity contribution < 1.29 is 52.5 Å². The normalized spacial score (nSPS) is 10.7. The highest BCUT2D eigenvalue weighted by Crippen LogP contribution is 2.35. The lowest BCUT2D eigenvalue weighted by molar-refractivity contribution is 0.0515. The number of nitrogens with one attached hydrogen (secondary N) is 7. The van der Waals surface area contributed by atoms with Gasteiger partial charge in [-0.3, -0.25) is 10.0 Å². The molecule has 10 rings (SSSR count). The Kier molecular flexibility index (Phi) is 49.7. The number of halogens is 2. The highest BCUT2D eigenvalue weighted by molar-refractivity contribution is 9.10. The van der Waals surface area contributed by atoms with Crippen LogP contribution in [0.25, 0.3) is 51.1 Å². The van der Waals surface area contributed by atoms with Gasteiger partial charge in [0.15, 0.2) is 34.1 Å². The molecule has 10 N–H and O–H groups in total. The van der Waals surface area contributed by atoms with E-state index in [9.17, 15) is 28.4 Å². The number of amides is 4. The van der Waals surface area contributed by atoms with Crippen molar-refractivity contribution >= 4 is 125 Å². The van der Waals surface area contributed by atoms with E-state index in [1.165, 1.54) is 63.8 Å². The number of esters is 1. The van der Waals surface area contributed by atoms with Crippen molar-refractivity contribution in [3.05, 3.63) is 280 Å². The van der Waals surface area contributed by atoms with Crippen LogP contribution in [-0.2, 0) is 44.9 Å². The Hall–Kier alpha value is -14.0. The van der Waals surface area contributed by atoms with Crippen molar-refractivity contribution in [1.29, 1.82) is 0 Å². The number of carbonyl (C=O) groups excluding carboxylic acids is 5. The molecule has 0 fully saturated rings. The zero-order valence-corrected chi connectivity index (χ0v) is 85.8. The Morgan fingerprint density at radius 2 is 0.791 bits per heavy atom. The van der Waals surface area contributed by atoms with Gasteiger partial charge in [0, 0.05) is 92.3 Å². The average Bonchev–Trinajstić information content (AvgIpc) is 1.64. The maximum atomic E-state index is 12.4. The maximum absolute atomic E-state index is 12.4. The SMILES string of the molecule is [C-]#[N+]c1cc(Br)c(NCCCCCNC(=O)OC(C)(C)C)cc1C.[C-]#[N+]c1cc(N)c(NCCCCCNC(=O)OC(C)(C)C)cc1C.[C-]#[N+]c1cc2nc(Cc3cccc(C(=O)NO)c3)n(CCCCCC)c2cc1C.[C-]#[N+]c1cc2nc(Cc3cccc(C(=O)OC)c3)n(CCCCCC)c2cc1C.[C-]#[N+]c1ccc(F)cc1C.[C-]#[N+]c1ccc(NCCCCCNC(=O)OC(C)(C)C)cc1C. The molecule has 0 radical (unpaired) electrons. The summed E-state index contributed by atoms with van der Waals surface area (Å²) in [6.45, 7) is 81.3. The minimum atomic E-state index is -0.530. The fourth-order valence-corrected chi connectivity index (χ4v) is 14.7. The van der Waals surface area contributed by atoms with E-state index in [0.717, 1.165) is 198 Å². The van der Waals surface area contributed by atoms with Crippen LogP contribution in [0.1, 0.15) is 262 Å². The standard InChI is InChI=1S/C24H27N3O2.C23H26N4O2.C18H26BrN3O2.C18H28N4O2.C18H27N3O2.C8H6FN/c1-5-6-7-8-12-27-22-13-17(2)20(25-3)16-21(22)26-23(27)15-18-10-9-11-19(14-18)24(28)29-4;1-4-5-6-7-11-27-21-12-16(2)19(24-3)15-20(21)25-22(27)14-17-9-8-10-18(13-17)23(28)26-29;2*1-13-11-16(14(19)12-15(13)20-5)21-9-7-6-8-10-22-17(23)24-18(2,3)4;1-14-13-15(9-10-16(14)19-5)20-11-7-6-8-12-21-17(22)23-18(2,3)4;1-6-5-7(9)3-4-8(6)10-2/h9-11,13-14,16H,5-8,12,15H2,1-2,4H3;8-10,12-13,15,29H,4-7,11,14H2,1-2H3,(H,26,28);11-12,21H,6-10H2,1-4H3,(H,22,23);11-12,21H,6-10,19H2,1-4H3,(H,22,23);9-10,13,20H,6-8,11-12H2,1-4H3,(H,21,22);3-5H,1H3. The summed E-state index contributed by atoms with van der Waals surface area (Å²) in [5.41, 5.74) is 25.7. The molecule has 10 aromatic rings. The Labute approximate surface area is 830 Å². The summed E-state index contributed by atoms with van der Waals surface area (Å²) >= 11 is 3.49. The van der Waals surface area contributed by atoms with Crippen LogP contribution in [0.15, 0.2) is 138 Å². The van der Waals surface area contributed by atoms with E-state index in [1.807, 2.05) is 170 Å². The number of carbonyl (C=O) groups is 5. The molecule has 0 aliphatic heterocycles. The van der Waals surface area contributed by atoms with Gasteiger partial charge in [0.1, 0.15) is 34.3 Å². The summed E-state index contributed by atoms with van der Waals surface area (Å²) in [5.74, 6) is 0.721.